The first-order chi connectivity index (χ1) is 14.9. The Morgan fingerprint density at radius 2 is 1.19 bits per heavy atom. The molecule has 2 aromatic rings. The van der Waals surface area contributed by atoms with Crippen molar-refractivity contribution in [1.29, 1.82) is 0 Å². The zero-order valence-corrected chi connectivity index (χ0v) is 17.0. The number of carbonyl (C=O) groups excluding carboxylic acids is 3. The minimum absolute atomic E-state index is 0.0673. The van der Waals surface area contributed by atoms with Gasteiger partial charge in [-0.05, 0) is 11.1 Å². The summed E-state index contributed by atoms with van der Waals surface area (Å²) in [5.74, 6) is -2.87. The lowest BCUT2D eigenvalue weighted by molar-refractivity contribution is -0.148. The molecule has 8 nitrogen and oxygen atoms in total. The van der Waals surface area contributed by atoms with E-state index in [1.54, 1.807) is 24.3 Å². The minimum atomic E-state index is -1.11. The number of rotatable bonds is 12. The van der Waals surface area contributed by atoms with E-state index in [0.29, 0.717) is 0 Å². The van der Waals surface area contributed by atoms with Gasteiger partial charge in [-0.3, -0.25) is 19.2 Å². The second-order valence-electron chi connectivity index (χ2n) is 6.86. The van der Waals surface area contributed by atoms with Crippen molar-refractivity contribution in [1.82, 2.24) is 5.32 Å². The number of carbonyl (C=O) groups is 4. The van der Waals surface area contributed by atoms with Gasteiger partial charge in [-0.2, -0.15) is 0 Å². The molecule has 0 radical (unpaired) electrons. The number of esters is 2. The molecular formula is C23H25NO7. The van der Waals surface area contributed by atoms with E-state index in [4.69, 9.17) is 14.6 Å². The third kappa shape index (κ3) is 10.1. The molecule has 31 heavy (non-hydrogen) atoms. The lowest BCUT2D eigenvalue weighted by atomic mass is 10.1. The van der Waals surface area contributed by atoms with E-state index < -0.39 is 29.9 Å². The molecule has 0 atom stereocenters. The van der Waals surface area contributed by atoms with Crippen LogP contribution in [0.15, 0.2) is 60.7 Å². The maximum absolute atomic E-state index is 12.2. The van der Waals surface area contributed by atoms with Gasteiger partial charge in [-0.15, -0.1) is 0 Å². The molecule has 164 valence electrons. The Labute approximate surface area is 180 Å². The molecule has 0 bridgehead atoms. The number of aliphatic carboxylic acids is 1. The SMILES string of the molecule is O=C(O)CCC(=O)NC(CC(=O)OCc1ccccc1)CC(=O)OCc1ccccc1. The number of carboxylic acid groups (broad SMARTS) is 1. The fourth-order valence-corrected chi connectivity index (χ4v) is 2.69. The van der Waals surface area contributed by atoms with Gasteiger partial charge in [0.25, 0.3) is 0 Å². The molecule has 8 heteroatoms. The summed E-state index contributed by atoms with van der Waals surface area (Å²) in [4.78, 5) is 47.1. The van der Waals surface area contributed by atoms with Crippen LogP contribution in [0.4, 0.5) is 0 Å². The molecule has 0 heterocycles. The molecule has 2 aromatic carbocycles. The van der Waals surface area contributed by atoms with Gasteiger partial charge in [0.1, 0.15) is 13.2 Å². The number of carboxylic acids is 1. The Morgan fingerprint density at radius 1 is 0.742 bits per heavy atom. The van der Waals surface area contributed by atoms with Crippen LogP contribution in [0.25, 0.3) is 0 Å². The molecule has 0 unspecified atom stereocenters. The average Bonchev–Trinajstić information content (AvgIpc) is 2.76. The Kier molecular flexibility index (Phi) is 9.74. The van der Waals surface area contributed by atoms with Crippen molar-refractivity contribution < 1.29 is 33.8 Å². The lowest BCUT2D eigenvalue weighted by Crippen LogP contribution is -2.38. The van der Waals surface area contributed by atoms with Crippen molar-refractivity contribution in [3.8, 4) is 0 Å². The number of benzene rings is 2. The van der Waals surface area contributed by atoms with Gasteiger partial charge >= 0.3 is 17.9 Å². The Bertz CT molecular complexity index is 811. The van der Waals surface area contributed by atoms with Crippen LogP contribution in [0.2, 0.25) is 0 Å². The highest BCUT2D eigenvalue weighted by atomic mass is 16.5. The summed E-state index contributed by atoms with van der Waals surface area (Å²) in [6.07, 6.45) is -1.10. The molecule has 0 aromatic heterocycles. The summed E-state index contributed by atoms with van der Waals surface area (Å²) in [6.45, 7) is 0.135. The first kappa shape index (κ1) is 23.6. The number of nitrogens with one attached hydrogen (secondary N) is 1. The maximum Gasteiger partial charge on any atom is 0.308 e. The molecule has 2 N–H and O–H groups in total. The second kappa shape index (κ2) is 12.8. The summed E-state index contributed by atoms with van der Waals surface area (Å²) in [5.41, 5.74) is 1.61. The summed E-state index contributed by atoms with van der Waals surface area (Å²) >= 11 is 0. The number of hydrogen-bond donors (Lipinski definition) is 2. The average molecular weight is 427 g/mol. The van der Waals surface area contributed by atoms with Crippen molar-refractivity contribution in [2.24, 2.45) is 0 Å². The molecule has 0 aliphatic rings. The van der Waals surface area contributed by atoms with Crippen LogP contribution in [0, 0.1) is 0 Å². The van der Waals surface area contributed by atoms with E-state index in [0.717, 1.165) is 11.1 Å². The van der Waals surface area contributed by atoms with Crippen LogP contribution in [-0.2, 0) is 41.9 Å². The van der Waals surface area contributed by atoms with Gasteiger partial charge in [-0.25, -0.2) is 0 Å². The highest BCUT2D eigenvalue weighted by molar-refractivity contribution is 5.82. The zero-order chi connectivity index (χ0) is 22.5. The quantitative estimate of drug-likeness (QED) is 0.500. The summed E-state index contributed by atoms with van der Waals surface area (Å²) in [7, 11) is 0. The zero-order valence-electron chi connectivity index (χ0n) is 17.0. The molecule has 0 aliphatic heterocycles. The van der Waals surface area contributed by atoms with Crippen LogP contribution in [0.3, 0.4) is 0 Å². The van der Waals surface area contributed by atoms with Crippen molar-refractivity contribution in [3.63, 3.8) is 0 Å². The molecular weight excluding hydrogens is 402 g/mol. The first-order valence-electron chi connectivity index (χ1n) is 9.82. The van der Waals surface area contributed by atoms with Crippen LogP contribution in [0.1, 0.15) is 36.8 Å². The predicted octanol–water partition coefficient (Wildman–Crippen LogP) is 2.60. The summed E-state index contributed by atoms with van der Waals surface area (Å²) in [6, 6.07) is 17.3. The van der Waals surface area contributed by atoms with Crippen molar-refractivity contribution >= 4 is 23.8 Å². The lowest BCUT2D eigenvalue weighted by Gasteiger charge is -2.17. The molecule has 0 fully saturated rings. The van der Waals surface area contributed by atoms with E-state index in [2.05, 4.69) is 5.32 Å². The second-order valence-corrected chi connectivity index (χ2v) is 6.86. The number of amides is 1. The topological polar surface area (TPSA) is 119 Å². The fraction of sp³-hybridized carbons (Fsp3) is 0.304. The van der Waals surface area contributed by atoms with Gasteiger partial charge < -0.3 is 19.9 Å². The molecule has 0 saturated heterocycles. The highest BCUT2D eigenvalue weighted by Gasteiger charge is 2.22. The van der Waals surface area contributed by atoms with E-state index >= 15 is 0 Å². The van der Waals surface area contributed by atoms with Gasteiger partial charge in [-0.1, -0.05) is 60.7 Å². The third-order valence-corrected chi connectivity index (χ3v) is 4.24. The van der Waals surface area contributed by atoms with Crippen LogP contribution in [0.5, 0.6) is 0 Å². The Hall–Kier alpha value is -3.68. The van der Waals surface area contributed by atoms with E-state index in [9.17, 15) is 19.2 Å². The highest BCUT2D eigenvalue weighted by Crippen LogP contribution is 2.08. The van der Waals surface area contributed by atoms with E-state index in [1.165, 1.54) is 0 Å². The van der Waals surface area contributed by atoms with E-state index in [-0.39, 0.29) is 38.9 Å². The fourth-order valence-electron chi connectivity index (χ4n) is 2.69. The van der Waals surface area contributed by atoms with Gasteiger partial charge in [0.05, 0.1) is 19.3 Å². The summed E-state index contributed by atoms with van der Waals surface area (Å²) in [5, 5.41) is 11.2. The van der Waals surface area contributed by atoms with Crippen molar-refractivity contribution in [3.05, 3.63) is 71.8 Å². The van der Waals surface area contributed by atoms with Crippen LogP contribution >= 0.6 is 0 Å². The Morgan fingerprint density at radius 3 is 1.61 bits per heavy atom. The molecule has 0 saturated carbocycles. The molecule has 1 amide bonds. The van der Waals surface area contributed by atoms with Gasteiger partial charge in [0, 0.05) is 12.5 Å². The standard InChI is InChI=1S/C23H25NO7/c25-20(11-12-21(26)27)24-19(13-22(28)30-15-17-7-3-1-4-8-17)14-23(29)31-16-18-9-5-2-6-10-18/h1-10,19H,11-16H2,(H,24,25)(H,26,27). The monoisotopic (exact) mass is 427 g/mol. The Balaban J connectivity index is 1.89. The van der Waals surface area contributed by atoms with Crippen LogP contribution in [-0.4, -0.2) is 35.0 Å². The summed E-state index contributed by atoms with van der Waals surface area (Å²) < 4.78 is 10.4. The minimum Gasteiger partial charge on any atom is -0.481 e. The molecule has 0 aliphatic carbocycles. The van der Waals surface area contributed by atoms with Gasteiger partial charge in [0.2, 0.25) is 5.91 Å². The number of hydrogen-bond acceptors (Lipinski definition) is 6. The molecule has 2 rings (SSSR count). The normalized spacial score (nSPS) is 10.4. The first-order valence-corrected chi connectivity index (χ1v) is 9.82. The predicted molar refractivity (Wildman–Crippen MR) is 111 cm³/mol. The largest absolute Gasteiger partial charge is 0.481 e. The van der Waals surface area contributed by atoms with Crippen molar-refractivity contribution in [2.45, 2.75) is 44.9 Å². The smallest absolute Gasteiger partial charge is 0.308 e. The van der Waals surface area contributed by atoms with E-state index in [1.807, 2.05) is 36.4 Å². The van der Waals surface area contributed by atoms with Crippen LogP contribution < -0.4 is 5.32 Å². The maximum atomic E-state index is 12.2. The number of ether oxygens (including phenoxy) is 2. The van der Waals surface area contributed by atoms with Gasteiger partial charge in [0.15, 0.2) is 0 Å². The third-order valence-electron chi connectivity index (χ3n) is 4.24. The molecule has 0 spiro atoms. The van der Waals surface area contributed by atoms with Crippen molar-refractivity contribution in [2.75, 3.05) is 0 Å².